The van der Waals surface area contributed by atoms with Crippen LogP contribution in [0.4, 0.5) is 5.69 Å². The lowest BCUT2D eigenvalue weighted by Gasteiger charge is -2.26. The maximum atomic E-state index is 12.1. The van der Waals surface area contributed by atoms with Crippen molar-refractivity contribution in [3.05, 3.63) is 45.8 Å². The van der Waals surface area contributed by atoms with Gasteiger partial charge in [-0.25, -0.2) is 0 Å². The zero-order valence-corrected chi connectivity index (χ0v) is 13.9. The Morgan fingerprint density at radius 2 is 2.12 bits per heavy atom. The lowest BCUT2D eigenvalue weighted by molar-refractivity contribution is -0.386. The van der Waals surface area contributed by atoms with Crippen molar-refractivity contribution in [1.82, 2.24) is 15.1 Å². The Kier molecular flexibility index (Phi) is 4.55. The predicted octanol–water partition coefficient (Wildman–Crippen LogP) is 1.36. The summed E-state index contributed by atoms with van der Waals surface area (Å²) in [6, 6.07) is 7.33. The largest absolute Gasteiger partial charge is 0.486 e. The van der Waals surface area contributed by atoms with E-state index in [4.69, 9.17) is 9.47 Å². The summed E-state index contributed by atoms with van der Waals surface area (Å²) in [5.41, 5.74) is 0.577. The van der Waals surface area contributed by atoms with Crippen molar-refractivity contribution in [2.24, 2.45) is 0 Å². The fraction of sp³-hybridized carbons (Fsp3) is 0.375. The number of ether oxygens (including phenoxy) is 2. The summed E-state index contributed by atoms with van der Waals surface area (Å²) < 4.78 is 12.7. The molecule has 0 saturated heterocycles. The summed E-state index contributed by atoms with van der Waals surface area (Å²) in [6.45, 7) is 3.63. The molecule has 132 valence electrons. The third-order valence-electron chi connectivity index (χ3n) is 3.91. The Hall–Kier alpha value is -3.10. The van der Waals surface area contributed by atoms with Crippen LogP contribution < -0.4 is 14.8 Å². The standard InChI is InChI=1S/C16H18N4O5/c1-10-16(20(22)23)11(2)19(18-10)8-15(21)17-7-12-9-24-13-5-3-4-6-14(13)25-12/h3-6,12H,7-9H2,1-2H3,(H,17,21)/t12-/m1/s1. The fourth-order valence-electron chi connectivity index (χ4n) is 2.69. The third-order valence-corrected chi connectivity index (χ3v) is 3.91. The number of nitrogens with one attached hydrogen (secondary N) is 1. The van der Waals surface area contributed by atoms with Crippen LogP contribution in [0.15, 0.2) is 24.3 Å². The molecular weight excluding hydrogens is 328 g/mol. The molecule has 1 aromatic heterocycles. The predicted molar refractivity (Wildman–Crippen MR) is 87.7 cm³/mol. The first-order valence-electron chi connectivity index (χ1n) is 7.79. The quantitative estimate of drug-likeness (QED) is 0.647. The summed E-state index contributed by atoms with van der Waals surface area (Å²) in [6.07, 6.45) is -0.298. The van der Waals surface area contributed by atoms with Crippen LogP contribution in [0.5, 0.6) is 11.5 Å². The van der Waals surface area contributed by atoms with Crippen LogP contribution in [-0.4, -0.2) is 39.9 Å². The maximum Gasteiger partial charge on any atom is 0.312 e. The van der Waals surface area contributed by atoms with Gasteiger partial charge in [-0.1, -0.05) is 12.1 Å². The van der Waals surface area contributed by atoms with E-state index in [2.05, 4.69) is 10.4 Å². The summed E-state index contributed by atoms with van der Waals surface area (Å²) in [5.74, 6) is 1.02. The van der Waals surface area contributed by atoms with Gasteiger partial charge in [0, 0.05) is 0 Å². The Balaban J connectivity index is 1.56. The minimum Gasteiger partial charge on any atom is -0.486 e. The topological polar surface area (TPSA) is 109 Å². The van der Waals surface area contributed by atoms with Crippen molar-refractivity contribution in [1.29, 1.82) is 0 Å². The number of amides is 1. The van der Waals surface area contributed by atoms with Crippen molar-refractivity contribution in [2.45, 2.75) is 26.5 Å². The van der Waals surface area contributed by atoms with Crippen LogP contribution in [0.2, 0.25) is 0 Å². The van der Waals surface area contributed by atoms with Crippen LogP contribution in [0, 0.1) is 24.0 Å². The van der Waals surface area contributed by atoms with E-state index >= 15 is 0 Å². The number of para-hydroxylation sites is 2. The number of aromatic nitrogens is 2. The average Bonchev–Trinajstić information content (AvgIpc) is 2.86. The molecule has 0 fully saturated rings. The van der Waals surface area contributed by atoms with Gasteiger partial charge in [-0.05, 0) is 26.0 Å². The van der Waals surface area contributed by atoms with Gasteiger partial charge in [0.05, 0.1) is 11.5 Å². The first kappa shape index (κ1) is 16.7. The second kappa shape index (κ2) is 6.80. The van der Waals surface area contributed by atoms with Crippen LogP contribution in [-0.2, 0) is 11.3 Å². The van der Waals surface area contributed by atoms with Crippen LogP contribution in [0.1, 0.15) is 11.4 Å². The number of nitro groups is 1. The van der Waals surface area contributed by atoms with E-state index in [1.807, 2.05) is 18.2 Å². The SMILES string of the molecule is Cc1nn(CC(=O)NC[C@@H]2COc3ccccc3O2)c(C)c1[N+](=O)[O-]. The molecule has 1 aromatic carbocycles. The number of carbonyl (C=O) groups is 1. The number of hydrogen-bond acceptors (Lipinski definition) is 6. The summed E-state index contributed by atoms with van der Waals surface area (Å²) in [7, 11) is 0. The molecule has 1 amide bonds. The van der Waals surface area contributed by atoms with E-state index in [1.54, 1.807) is 19.9 Å². The van der Waals surface area contributed by atoms with Gasteiger partial charge in [0.1, 0.15) is 30.6 Å². The van der Waals surface area contributed by atoms with Gasteiger partial charge in [-0.2, -0.15) is 5.10 Å². The second-order valence-corrected chi connectivity index (χ2v) is 5.74. The van der Waals surface area contributed by atoms with Gasteiger partial charge in [-0.15, -0.1) is 0 Å². The number of benzene rings is 1. The lowest BCUT2D eigenvalue weighted by atomic mass is 10.2. The van der Waals surface area contributed by atoms with Gasteiger partial charge in [0.25, 0.3) is 0 Å². The normalized spacial score (nSPS) is 15.7. The monoisotopic (exact) mass is 346 g/mol. The summed E-state index contributed by atoms with van der Waals surface area (Å²) >= 11 is 0. The Morgan fingerprint density at radius 1 is 1.40 bits per heavy atom. The Bertz CT molecular complexity index is 817. The van der Waals surface area contributed by atoms with Crippen molar-refractivity contribution in [3.63, 3.8) is 0 Å². The number of nitrogens with zero attached hydrogens (tertiary/aromatic N) is 3. The molecule has 0 bridgehead atoms. The highest BCUT2D eigenvalue weighted by atomic mass is 16.6. The van der Waals surface area contributed by atoms with Crippen molar-refractivity contribution < 1.29 is 19.2 Å². The molecule has 0 radical (unpaired) electrons. The zero-order chi connectivity index (χ0) is 18.0. The molecule has 0 aliphatic carbocycles. The van der Waals surface area contributed by atoms with E-state index in [0.29, 0.717) is 23.8 Å². The van der Waals surface area contributed by atoms with Gasteiger partial charge in [-0.3, -0.25) is 19.6 Å². The second-order valence-electron chi connectivity index (χ2n) is 5.74. The first-order valence-corrected chi connectivity index (χ1v) is 7.79. The van der Waals surface area contributed by atoms with Crippen molar-refractivity contribution >= 4 is 11.6 Å². The number of rotatable bonds is 5. The number of hydrogen-bond donors (Lipinski definition) is 1. The third kappa shape index (κ3) is 3.54. The fourth-order valence-corrected chi connectivity index (χ4v) is 2.69. The molecule has 25 heavy (non-hydrogen) atoms. The zero-order valence-electron chi connectivity index (χ0n) is 13.9. The molecule has 9 heteroatoms. The summed E-state index contributed by atoms with van der Waals surface area (Å²) in [4.78, 5) is 22.6. The molecule has 1 aliphatic rings. The van der Waals surface area contributed by atoms with Gasteiger partial charge >= 0.3 is 5.69 Å². The van der Waals surface area contributed by atoms with E-state index < -0.39 is 4.92 Å². The Labute approximate surface area is 143 Å². The van der Waals surface area contributed by atoms with Crippen molar-refractivity contribution in [3.8, 4) is 11.5 Å². The molecule has 0 unspecified atom stereocenters. The molecule has 1 N–H and O–H groups in total. The van der Waals surface area contributed by atoms with Gasteiger partial charge in [0.2, 0.25) is 5.91 Å². The molecule has 2 aromatic rings. The maximum absolute atomic E-state index is 12.1. The minimum absolute atomic E-state index is 0.0616. The molecule has 3 rings (SSSR count). The van der Waals surface area contributed by atoms with Crippen LogP contribution in [0.3, 0.4) is 0 Å². The molecule has 9 nitrogen and oxygen atoms in total. The molecular formula is C16H18N4O5. The number of carbonyl (C=O) groups excluding carboxylic acids is 1. The van der Waals surface area contributed by atoms with Crippen molar-refractivity contribution in [2.75, 3.05) is 13.2 Å². The average molecular weight is 346 g/mol. The van der Waals surface area contributed by atoms with Gasteiger partial charge in [0.15, 0.2) is 11.5 Å². The van der Waals surface area contributed by atoms with E-state index in [-0.39, 0.29) is 36.5 Å². The minimum atomic E-state index is -0.489. The summed E-state index contributed by atoms with van der Waals surface area (Å²) in [5, 5.41) is 17.8. The highest BCUT2D eigenvalue weighted by molar-refractivity contribution is 5.75. The molecule has 1 atom stereocenters. The lowest BCUT2D eigenvalue weighted by Crippen LogP contribution is -2.41. The number of aryl methyl sites for hydroxylation is 1. The molecule has 1 aliphatic heterocycles. The first-order chi connectivity index (χ1) is 12.0. The smallest absolute Gasteiger partial charge is 0.312 e. The highest BCUT2D eigenvalue weighted by Gasteiger charge is 2.24. The molecule has 2 heterocycles. The van der Waals surface area contributed by atoms with Gasteiger partial charge < -0.3 is 14.8 Å². The van der Waals surface area contributed by atoms with E-state index in [0.717, 1.165) is 0 Å². The van der Waals surface area contributed by atoms with Crippen LogP contribution in [0.25, 0.3) is 0 Å². The van der Waals surface area contributed by atoms with Crippen LogP contribution >= 0.6 is 0 Å². The molecule has 0 spiro atoms. The Morgan fingerprint density at radius 3 is 2.80 bits per heavy atom. The number of fused-ring (bicyclic) bond motifs is 1. The van der Waals surface area contributed by atoms with E-state index in [1.165, 1.54) is 4.68 Å². The molecule has 0 saturated carbocycles. The highest BCUT2D eigenvalue weighted by Crippen LogP contribution is 2.30. The van der Waals surface area contributed by atoms with E-state index in [9.17, 15) is 14.9 Å².